The van der Waals surface area contributed by atoms with Gasteiger partial charge in [0.2, 0.25) is 10.0 Å². The van der Waals surface area contributed by atoms with E-state index in [9.17, 15) is 8.42 Å². The van der Waals surface area contributed by atoms with Crippen LogP contribution in [0.5, 0.6) is 0 Å². The molecule has 8 heteroatoms. The van der Waals surface area contributed by atoms with Crippen LogP contribution in [0.4, 0.5) is 0 Å². The summed E-state index contributed by atoms with van der Waals surface area (Å²) in [6.45, 7) is 9.61. The second-order valence-electron chi connectivity index (χ2n) is 8.47. The lowest BCUT2D eigenvalue weighted by atomic mass is 9.72. The summed E-state index contributed by atoms with van der Waals surface area (Å²) in [5, 5.41) is 7.54. The molecule has 2 aliphatic heterocycles. The van der Waals surface area contributed by atoms with E-state index in [-0.39, 0.29) is 23.0 Å². The van der Waals surface area contributed by atoms with Crippen LogP contribution in [0.2, 0.25) is 0 Å². The standard InChI is InChI=1S/C20H29N5O2S/c1-4-28(26,27)25-13-20(14-25)12-24(10-16-8-6-5-7-9-16)11-17(20)19-21-18(15(2)3)22-23-19/h5-9,15,17H,4,10-14H2,1-3H3,(H,21,22,23). The maximum Gasteiger partial charge on any atom is 0.213 e. The molecule has 152 valence electrons. The molecule has 1 spiro atoms. The monoisotopic (exact) mass is 403 g/mol. The molecule has 2 aromatic rings. The van der Waals surface area contributed by atoms with Crippen molar-refractivity contribution in [3.8, 4) is 0 Å². The fourth-order valence-corrected chi connectivity index (χ4v) is 5.74. The third kappa shape index (κ3) is 3.49. The van der Waals surface area contributed by atoms with Crippen molar-refractivity contribution in [3.63, 3.8) is 0 Å². The maximum absolute atomic E-state index is 12.3. The number of likely N-dealkylation sites (tertiary alicyclic amines) is 1. The number of benzene rings is 1. The molecule has 28 heavy (non-hydrogen) atoms. The summed E-state index contributed by atoms with van der Waals surface area (Å²) in [7, 11) is -3.15. The highest BCUT2D eigenvalue weighted by Gasteiger charge is 2.58. The van der Waals surface area contributed by atoms with Gasteiger partial charge in [-0.2, -0.15) is 5.10 Å². The lowest BCUT2D eigenvalue weighted by Gasteiger charge is -2.49. The largest absolute Gasteiger partial charge is 0.298 e. The van der Waals surface area contributed by atoms with Gasteiger partial charge in [-0.3, -0.25) is 10.00 Å². The van der Waals surface area contributed by atoms with Gasteiger partial charge in [-0.15, -0.1) is 0 Å². The van der Waals surface area contributed by atoms with Gasteiger partial charge in [0.15, 0.2) is 5.82 Å². The lowest BCUT2D eigenvalue weighted by molar-refractivity contribution is 0.0608. The van der Waals surface area contributed by atoms with Gasteiger partial charge >= 0.3 is 0 Å². The zero-order valence-electron chi connectivity index (χ0n) is 16.8. The minimum atomic E-state index is -3.15. The molecule has 0 bridgehead atoms. The minimum Gasteiger partial charge on any atom is -0.298 e. The van der Waals surface area contributed by atoms with Crippen molar-refractivity contribution >= 4 is 10.0 Å². The number of hydrogen-bond acceptors (Lipinski definition) is 5. The topological polar surface area (TPSA) is 82.2 Å². The molecule has 1 N–H and O–H groups in total. The number of hydrogen-bond donors (Lipinski definition) is 1. The molecule has 2 aliphatic rings. The molecule has 1 unspecified atom stereocenters. The first-order chi connectivity index (χ1) is 13.3. The Morgan fingerprint density at radius 3 is 2.54 bits per heavy atom. The summed E-state index contributed by atoms with van der Waals surface area (Å²) >= 11 is 0. The molecule has 1 atom stereocenters. The number of nitrogens with one attached hydrogen (secondary N) is 1. The highest BCUT2D eigenvalue weighted by Crippen LogP contribution is 2.49. The van der Waals surface area contributed by atoms with Crippen molar-refractivity contribution in [2.45, 2.75) is 39.2 Å². The molecule has 1 aromatic heterocycles. The fraction of sp³-hybridized carbons (Fsp3) is 0.600. The van der Waals surface area contributed by atoms with E-state index in [1.807, 2.05) is 6.07 Å². The summed E-state index contributed by atoms with van der Waals surface area (Å²) < 4.78 is 26.2. The Morgan fingerprint density at radius 1 is 1.21 bits per heavy atom. The fourth-order valence-electron chi connectivity index (χ4n) is 4.47. The quantitative estimate of drug-likeness (QED) is 0.799. The molecule has 0 amide bonds. The minimum absolute atomic E-state index is 0.0925. The van der Waals surface area contributed by atoms with E-state index in [1.54, 1.807) is 11.2 Å². The zero-order valence-corrected chi connectivity index (χ0v) is 17.6. The van der Waals surface area contributed by atoms with E-state index in [0.717, 1.165) is 31.3 Å². The summed E-state index contributed by atoms with van der Waals surface area (Å²) in [6, 6.07) is 10.4. The number of aromatic nitrogens is 3. The van der Waals surface area contributed by atoms with E-state index in [4.69, 9.17) is 4.98 Å². The third-order valence-corrected chi connectivity index (χ3v) is 7.85. The number of rotatable bonds is 6. The molecule has 1 aromatic carbocycles. The van der Waals surface area contributed by atoms with E-state index < -0.39 is 10.0 Å². The highest BCUT2D eigenvalue weighted by atomic mass is 32.2. The number of nitrogens with zero attached hydrogens (tertiary/aromatic N) is 4. The molecular formula is C20H29N5O2S. The van der Waals surface area contributed by atoms with Gasteiger partial charge in [-0.1, -0.05) is 44.2 Å². The molecular weight excluding hydrogens is 374 g/mol. The Morgan fingerprint density at radius 2 is 1.93 bits per heavy atom. The summed E-state index contributed by atoms with van der Waals surface area (Å²) in [5.74, 6) is 2.30. The van der Waals surface area contributed by atoms with Crippen molar-refractivity contribution in [1.82, 2.24) is 24.4 Å². The van der Waals surface area contributed by atoms with Crippen LogP contribution in [0.15, 0.2) is 30.3 Å². The SMILES string of the molecule is CCS(=O)(=O)N1CC2(CN(Cc3ccccc3)CC2c2nc(C(C)C)n[nH]2)C1. The Balaban J connectivity index is 1.58. The molecule has 0 aliphatic carbocycles. The van der Waals surface area contributed by atoms with Gasteiger partial charge in [-0.25, -0.2) is 17.7 Å². The molecule has 0 radical (unpaired) electrons. The van der Waals surface area contributed by atoms with E-state index in [2.05, 4.69) is 53.2 Å². The Labute approximate surface area is 167 Å². The smallest absolute Gasteiger partial charge is 0.213 e. The van der Waals surface area contributed by atoms with Gasteiger partial charge < -0.3 is 0 Å². The van der Waals surface area contributed by atoms with Crippen molar-refractivity contribution in [2.75, 3.05) is 31.9 Å². The number of sulfonamides is 1. The summed E-state index contributed by atoms with van der Waals surface area (Å²) in [5.41, 5.74) is 1.18. The molecule has 2 saturated heterocycles. The third-order valence-electron chi connectivity index (χ3n) is 6.07. The molecule has 7 nitrogen and oxygen atoms in total. The van der Waals surface area contributed by atoms with Crippen LogP contribution < -0.4 is 0 Å². The number of aromatic amines is 1. The Bertz CT molecular complexity index is 919. The Kier molecular flexibility index (Phi) is 5.05. The molecule has 0 saturated carbocycles. The first-order valence-corrected chi connectivity index (χ1v) is 11.6. The maximum atomic E-state index is 12.3. The second-order valence-corrected chi connectivity index (χ2v) is 10.7. The van der Waals surface area contributed by atoms with Crippen LogP contribution in [0.3, 0.4) is 0 Å². The van der Waals surface area contributed by atoms with E-state index in [1.165, 1.54) is 5.56 Å². The van der Waals surface area contributed by atoms with Crippen molar-refractivity contribution in [2.24, 2.45) is 5.41 Å². The van der Waals surface area contributed by atoms with Gasteiger partial charge in [-0.05, 0) is 12.5 Å². The van der Waals surface area contributed by atoms with Crippen LogP contribution in [-0.2, 0) is 16.6 Å². The Hall–Kier alpha value is -1.77. The normalized spacial score (nSPS) is 22.8. The van der Waals surface area contributed by atoms with Gasteiger partial charge in [0.05, 0.1) is 5.75 Å². The lowest BCUT2D eigenvalue weighted by Crippen LogP contribution is -2.61. The first-order valence-electron chi connectivity index (χ1n) is 9.99. The van der Waals surface area contributed by atoms with Crippen LogP contribution in [-0.4, -0.2) is 64.7 Å². The predicted octanol–water partition coefficient (Wildman–Crippen LogP) is 2.18. The van der Waals surface area contributed by atoms with Gasteiger partial charge in [0.1, 0.15) is 5.82 Å². The number of H-pyrrole nitrogens is 1. The first kappa shape index (κ1) is 19.5. The molecule has 3 heterocycles. The van der Waals surface area contributed by atoms with Crippen molar-refractivity contribution in [3.05, 3.63) is 47.5 Å². The van der Waals surface area contributed by atoms with Crippen LogP contribution in [0, 0.1) is 5.41 Å². The second kappa shape index (κ2) is 7.24. The predicted molar refractivity (Wildman–Crippen MR) is 108 cm³/mol. The summed E-state index contributed by atoms with van der Waals surface area (Å²) in [6.07, 6.45) is 0. The average Bonchev–Trinajstić information content (AvgIpc) is 3.26. The van der Waals surface area contributed by atoms with Crippen LogP contribution in [0.1, 0.15) is 49.8 Å². The highest BCUT2D eigenvalue weighted by molar-refractivity contribution is 7.89. The van der Waals surface area contributed by atoms with Crippen molar-refractivity contribution < 1.29 is 8.42 Å². The van der Waals surface area contributed by atoms with Crippen LogP contribution >= 0.6 is 0 Å². The summed E-state index contributed by atoms with van der Waals surface area (Å²) in [4.78, 5) is 7.18. The van der Waals surface area contributed by atoms with E-state index >= 15 is 0 Å². The van der Waals surface area contributed by atoms with Gasteiger partial charge in [0.25, 0.3) is 0 Å². The molecule has 2 fully saturated rings. The molecule has 4 rings (SSSR count). The zero-order chi connectivity index (χ0) is 19.9. The van der Waals surface area contributed by atoms with E-state index in [0.29, 0.717) is 13.1 Å². The average molecular weight is 404 g/mol. The van der Waals surface area contributed by atoms with Crippen LogP contribution in [0.25, 0.3) is 0 Å². The van der Waals surface area contributed by atoms with Crippen molar-refractivity contribution in [1.29, 1.82) is 0 Å². The van der Waals surface area contributed by atoms with Gasteiger partial charge in [0, 0.05) is 50.0 Å².